The van der Waals surface area contributed by atoms with Crippen LogP contribution in [-0.2, 0) is 11.3 Å². The summed E-state index contributed by atoms with van der Waals surface area (Å²) in [4.78, 5) is 11.1. The molecule has 0 aliphatic heterocycles. The van der Waals surface area contributed by atoms with Gasteiger partial charge in [-0.1, -0.05) is 11.6 Å². The lowest BCUT2D eigenvalue weighted by atomic mass is 9.96. The molecule has 2 aromatic rings. The second kappa shape index (κ2) is 4.76. The van der Waals surface area contributed by atoms with Crippen molar-refractivity contribution in [3.63, 3.8) is 0 Å². The maximum absolute atomic E-state index is 6.24. The quantitative estimate of drug-likeness (QED) is 0.797. The molecule has 0 atom stereocenters. The smallest absolute Gasteiger partial charge is 0.157 e. The van der Waals surface area contributed by atoms with Crippen LogP contribution in [0.5, 0.6) is 0 Å². The number of aryl methyl sites for hydroxylation is 2. The van der Waals surface area contributed by atoms with Gasteiger partial charge in [-0.3, -0.25) is 0 Å². The number of rotatable bonds is 3. The molecule has 1 aliphatic rings. The molecule has 0 unspecified atom stereocenters. The zero-order valence-corrected chi connectivity index (χ0v) is 12.1. The van der Waals surface area contributed by atoms with Crippen LogP contribution in [0.4, 0.5) is 0 Å². The number of halogens is 1. The zero-order valence-electron chi connectivity index (χ0n) is 10.5. The van der Waals surface area contributed by atoms with E-state index in [4.69, 9.17) is 16.3 Å². The number of aromatic nitrogens is 2. The number of fused-ring (bicyclic) bond motifs is 1. The van der Waals surface area contributed by atoms with Crippen molar-refractivity contribution in [3.05, 3.63) is 21.4 Å². The van der Waals surface area contributed by atoms with E-state index >= 15 is 0 Å². The average molecular weight is 283 g/mol. The largest absolute Gasteiger partial charge is 0.370 e. The summed E-state index contributed by atoms with van der Waals surface area (Å²) in [5, 5.41) is 1.54. The molecule has 0 amide bonds. The number of nitrogens with zero attached hydrogens (tertiary/aromatic N) is 2. The Bertz CT molecular complexity index is 592. The SMILES string of the molecule is Cc1sc2nc(COC3CCC3)nc(Cl)c2c1C. The summed E-state index contributed by atoms with van der Waals surface area (Å²) in [6.07, 6.45) is 3.99. The molecule has 1 saturated carbocycles. The number of hydrogen-bond acceptors (Lipinski definition) is 4. The lowest BCUT2D eigenvalue weighted by Crippen LogP contribution is -2.21. The van der Waals surface area contributed by atoms with Gasteiger partial charge in [0.25, 0.3) is 0 Å². The number of hydrogen-bond donors (Lipinski definition) is 0. The van der Waals surface area contributed by atoms with Gasteiger partial charge in [0.05, 0.1) is 11.5 Å². The Hall–Kier alpha value is -0.710. The third-order valence-electron chi connectivity index (χ3n) is 3.53. The third-order valence-corrected chi connectivity index (χ3v) is 4.91. The molecule has 3 nitrogen and oxygen atoms in total. The second-order valence-electron chi connectivity index (χ2n) is 4.76. The molecular formula is C13H15ClN2OS. The van der Waals surface area contributed by atoms with Crippen molar-refractivity contribution in [2.75, 3.05) is 0 Å². The molecule has 0 saturated heterocycles. The van der Waals surface area contributed by atoms with Gasteiger partial charge in [0, 0.05) is 4.88 Å². The molecule has 3 rings (SSSR count). The molecule has 0 radical (unpaired) electrons. The van der Waals surface area contributed by atoms with Crippen molar-refractivity contribution in [1.29, 1.82) is 0 Å². The lowest BCUT2D eigenvalue weighted by Gasteiger charge is -2.25. The number of thiophene rings is 1. The Balaban J connectivity index is 1.89. The first-order chi connectivity index (χ1) is 8.65. The van der Waals surface area contributed by atoms with Crippen LogP contribution >= 0.6 is 22.9 Å². The average Bonchev–Trinajstić information content (AvgIpc) is 2.53. The van der Waals surface area contributed by atoms with Crippen molar-refractivity contribution in [1.82, 2.24) is 9.97 Å². The van der Waals surface area contributed by atoms with E-state index in [0.29, 0.717) is 23.7 Å². The van der Waals surface area contributed by atoms with Crippen molar-refractivity contribution in [2.45, 2.75) is 45.8 Å². The fraction of sp³-hybridized carbons (Fsp3) is 0.538. The first kappa shape index (κ1) is 12.3. The molecule has 2 aromatic heterocycles. The van der Waals surface area contributed by atoms with Crippen molar-refractivity contribution < 1.29 is 4.74 Å². The van der Waals surface area contributed by atoms with Gasteiger partial charge in [0.15, 0.2) is 5.82 Å². The Labute approximate surface area is 115 Å². The van der Waals surface area contributed by atoms with Crippen LogP contribution in [0.1, 0.15) is 35.5 Å². The molecular weight excluding hydrogens is 268 g/mol. The van der Waals surface area contributed by atoms with Crippen molar-refractivity contribution in [2.24, 2.45) is 0 Å². The van der Waals surface area contributed by atoms with Crippen LogP contribution < -0.4 is 0 Å². The van der Waals surface area contributed by atoms with Gasteiger partial charge >= 0.3 is 0 Å². The minimum atomic E-state index is 0.398. The molecule has 0 aromatic carbocycles. The van der Waals surface area contributed by atoms with Crippen LogP contribution in [0.15, 0.2) is 0 Å². The van der Waals surface area contributed by atoms with Gasteiger partial charge in [-0.05, 0) is 38.7 Å². The van der Waals surface area contributed by atoms with E-state index in [2.05, 4.69) is 23.8 Å². The Morgan fingerprint density at radius 2 is 2.11 bits per heavy atom. The van der Waals surface area contributed by atoms with E-state index in [1.165, 1.54) is 16.9 Å². The van der Waals surface area contributed by atoms with Crippen LogP contribution in [0.25, 0.3) is 10.2 Å². The maximum atomic E-state index is 6.24. The topological polar surface area (TPSA) is 35.0 Å². The van der Waals surface area contributed by atoms with Crippen LogP contribution in [-0.4, -0.2) is 16.1 Å². The minimum Gasteiger partial charge on any atom is -0.370 e. The highest BCUT2D eigenvalue weighted by Gasteiger charge is 2.19. The normalized spacial score (nSPS) is 16.2. The lowest BCUT2D eigenvalue weighted by molar-refractivity contribution is -0.0115. The highest BCUT2D eigenvalue weighted by Crippen LogP contribution is 2.33. The molecule has 1 aliphatic carbocycles. The van der Waals surface area contributed by atoms with Gasteiger partial charge in [0.1, 0.15) is 16.6 Å². The highest BCUT2D eigenvalue weighted by atomic mass is 35.5. The van der Waals surface area contributed by atoms with Gasteiger partial charge in [-0.2, -0.15) is 0 Å². The monoisotopic (exact) mass is 282 g/mol. The van der Waals surface area contributed by atoms with Crippen molar-refractivity contribution >= 4 is 33.2 Å². The highest BCUT2D eigenvalue weighted by molar-refractivity contribution is 7.18. The number of ether oxygens (including phenoxy) is 1. The van der Waals surface area contributed by atoms with Crippen molar-refractivity contribution in [3.8, 4) is 0 Å². The fourth-order valence-electron chi connectivity index (χ4n) is 2.04. The van der Waals surface area contributed by atoms with E-state index in [1.807, 2.05) is 0 Å². The summed E-state index contributed by atoms with van der Waals surface area (Å²) < 4.78 is 5.73. The Morgan fingerprint density at radius 1 is 1.33 bits per heavy atom. The molecule has 18 heavy (non-hydrogen) atoms. The van der Waals surface area contributed by atoms with Crippen LogP contribution in [0.2, 0.25) is 5.15 Å². The maximum Gasteiger partial charge on any atom is 0.157 e. The van der Waals surface area contributed by atoms with Gasteiger partial charge in [0.2, 0.25) is 0 Å². The summed E-state index contributed by atoms with van der Waals surface area (Å²) in [6.45, 7) is 4.62. The zero-order chi connectivity index (χ0) is 12.7. The summed E-state index contributed by atoms with van der Waals surface area (Å²) in [5.41, 5.74) is 1.19. The minimum absolute atomic E-state index is 0.398. The van der Waals surface area contributed by atoms with Gasteiger partial charge < -0.3 is 4.74 Å². The first-order valence-electron chi connectivity index (χ1n) is 6.19. The van der Waals surface area contributed by atoms with E-state index in [0.717, 1.165) is 23.1 Å². The van der Waals surface area contributed by atoms with E-state index < -0.39 is 0 Å². The second-order valence-corrected chi connectivity index (χ2v) is 6.32. The summed E-state index contributed by atoms with van der Waals surface area (Å²) in [7, 11) is 0. The van der Waals surface area contributed by atoms with E-state index in [-0.39, 0.29) is 0 Å². The predicted octanol–water partition coefficient (Wildman–Crippen LogP) is 4.03. The molecule has 5 heteroatoms. The molecule has 0 spiro atoms. The van der Waals surface area contributed by atoms with Gasteiger partial charge in [-0.25, -0.2) is 9.97 Å². The van der Waals surface area contributed by atoms with E-state index in [9.17, 15) is 0 Å². The molecule has 0 bridgehead atoms. The van der Waals surface area contributed by atoms with Gasteiger partial charge in [-0.15, -0.1) is 11.3 Å². The van der Waals surface area contributed by atoms with Crippen LogP contribution in [0, 0.1) is 13.8 Å². The Kier molecular flexibility index (Phi) is 3.26. The Morgan fingerprint density at radius 3 is 2.78 bits per heavy atom. The molecule has 1 fully saturated rings. The molecule has 0 N–H and O–H groups in total. The summed E-state index contributed by atoms with van der Waals surface area (Å²) >= 11 is 7.91. The predicted molar refractivity (Wildman–Crippen MR) is 74.3 cm³/mol. The summed E-state index contributed by atoms with van der Waals surface area (Å²) in [5.74, 6) is 0.695. The third kappa shape index (κ3) is 2.13. The standard InChI is InChI=1S/C13H15ClN2OS/c1-7-8(2)18-13-11(7)12(14)15-10(16-13)6-17-9-4-3-5-9/h9H,3-6H2,1-2H3. The van der Waals surface area contributed by atoms with E-state index in [1.54, 1.807) is 11.3 Å². The molecule has 96 valence electrons. The summed E-state index contributed by atoms with van der Waals surface area (Å²) in [6, 6.07) is 0. The first-order valence-corrected chi connectivity index (χ1v) is 7.38. The fourth-order valence-corrected chi connectivity index (χ4v) is 3.47. The van der Waals surface area contributed by atoms with Crippen LogP contribution in [0.3, 0.4) is 0 Å². The molecule has 2 heterocycles.